The number of aromatic amines is 1. The highest BCUT2D eigenvalue weighted by atomic mass is 32.2. The minimum absolute atomic E-state index is 0.0659. The second-order valence-electron chi connectivity index (χ2n) is 7.91. The van der Waals surface area contributed by atoms with Crippen molar-refractivity contribution >= 4 is 21.6 Å². The Balaban J connectivity index is 1.62. The molecular weight excluding hydrogens is 408 g/mol. The Hall–Kier alpha value is -2.73. The van der Waals surface area contributed by atoms with E-state index in [1.54, 1.807) is 23.1 Å². The molecule has 162 valence electrons. The molecule has 1 saturated heterocycles. The molecule has 12 heteroatoms. The maximum absolute atomic E-state index is 11.8. The van der Waals surface area contributed by atoms with Crippen LogP contribution in [0.25, 0.3) is 16.9 Å². The fraction of sp³-hybridized carbons (Fsp3) is 0.556. The minimum Gasteiger partial charge on any atom is -0.473 e. The maximum Gasteiger partial charge on any atom is 0.244 e. The molecule has 0 radical (unpaired) electrons. The Morgan fingerprint density at radius 3 is 2.77 bits per heavy atom. The normalized spacial score (nSPS) is 20.7. The highest BCUT2D eigenvalue weighted by molar-refractivity contribution is 7.88. The number of anilines is 1. The molecule has 2 N–H and O–H groups in total. The van der Waals surface area contributed by atoms with Crippen molar-refractivity contribution < 1.29 is 13.2 Å². The first kappa shape index (κ1) is 20.5. The van der Waals surface area contributed by atoms with Crippen molar-refractivity contribution in [1.82, 2.24) is 34.1 Å². The molecule has 0 saturated carbocycles. The zero-order chi connectivity index (χ0) is 21.5. The Bertz CT molecular complexity index is 1130. The van der Waals surface area contributed by atoms with Gasteiger partial charge >= 0.3 is 0 Å². The molecule has 1 fully saturated rings. The molecule has 2 atom stereocenters. The van der Waals surface area contributed by atoms with Crippen LogP contribution in [0, 0.1) is 5.92 Å². The molecule has 30 heavy (non-hydrogen) atoms. The Morgan fingerprint density at radius 1 is 1.33 bits per heavy atom. The van der Waals surface area contributed by atoms with E-state index in [4.69, 9.17) is 4.74 Å². The van der Waals surface area contributed by atoms with E-state index < -0.39 is 10.0 Å². The van der Waals surface area contributed by atoms with Crippen LogP contribution in [0.15, 0.2) is 18.6 Å². The van der Waals surface area contributed by atoms with Gasteiger partial charge in [-0.15, -0.1) is 5.10 Å². The van der Waals surface area contributed by atoms with E-state index in [0.717, 1.165) is 5.56 Å². The fourth-order valence-electron chi connectivity index (χ4n) is 3.59. The summed E-state index contributed by atoms with van der Waals surface area (Å²) in [6.07, 6.45) is 6.91. The van der Waals surface area contributed by atoms with Crippen molar-refractivity contribution in [2.45, 2.75) is 39.3 Å². The monoisotopic (exact) mass is 434 g/mol. The van der Waals surface area contributed by atoms with E-state index in [0.29, 0.717) is 42.7 Å². The van der Waals surface area contributed by atoms with Crippen LogP contribution in [-0.2, 0) is 10.0 Å². The lowest BCUT2D eigenvalue weighted by Gasteiger charge is -2.35. The lowest BCUT2D eigenvalue weighted by atomic mass is 9.95. The highest BCUT2D eigenvalue weighted by Crippen LogP contribution is 2.29. The van der Waals surface area contributed by atoms with E-state index >= 15 is 0 Å². The number of nitrogens with one attached hydrogen (secondary N) is 2. The molecule has 3 aromatic rings. The summed E-state index contributed by atoms with van der Waals surface area (Å²) in [6, 6.07) is 0.0659. The van der Waals surface area contributed by atoms with Gasteiger partial charge in [0, 0.05) is 30.9 Å². The quantitative estimate of drug-likeness (QED) is 0.595. The van der Waals surface area contributed by atoms with E-state index in [-0.39, 0.29) is 18.1 Å². The van der Waals surface area contributed by atoms with Crippen molar-refractivity contribution in [2.75, 3.05) is 24.7 Å². The minimum atomic E-state index is -3.18. The average Bonchev–Trinajstić information content (AvgIpc) is 3.32. The lowest BCUT2D eigenvalue weighted by molar-refractivity contribution is 0.227. The van der Waals surface area contributed by atoms with Crippen LogP contribution in [0.1, 0.15) is 27.2 Å². The Kier molecular flexibility index (Phi) is 5.36. The summed E-state index contributed by atoms with van der Waals surface area (Å²) in [4.78, 5) is 9.05. The van der Waals surface area contributed by atoms with Crippen molar-refractivity contribution in [3.05, 3.63) is 18.6 Å². The summed E-state index contributed by atoms with van der Waals surface area (Å²) in [5, 5.41) is 14.7. The van der Waals surface area contributed by atoms with E-state index in [2.05, 4.69) is 30.6 Å². The smallest absolute Gasteiger partial charge is 0.244 e. The summed E-state index contributed by atoms with van der Waals surface area (Å²) < 4.78 is 32.8. The Morgan fingerprint density at radius 2 is 2.13 bits per heavy atom. The molecule has 3 aromatic heterocycles. The second kappa shape index (κ2) is 7.84. The number of ether oxygens (including phenoxy) is 1. The van der Waals surface area contributed by atoms with Crippen LogP contribution in [0.3, 0.4) is 0 Å². The third-order valence-corrected chi connectivity index (χ3v) is 6.38. The van der Waals surface area contributed by atoms with Gasteiger partial charge in [0.25, 0.3) is 0 Å². The first-order chi connectivity index (χ1) is 14.2. The van der Waals surface area contributed by atoms with Gasteiger partial charge in [0.05, 0.1) is 24.8 Å². The van der Waals surface area contributed by atoms with Crippen molar-refractivity contribution in [1.29, 1.82) is 0 Å². The van der Waals surface area contributed by atoms with Gasteiger partial charge < -0.3 is 10.1 Å². The molecule has 0 amide bonds. The van der Waals surface area contributed by atoms with Crippen LogP contribution in [-0.4, -0.2) is 74.0 Å². The summed E-state index contributed by atoms with van der Waals surface area (Å²) >= 11 is 0. The SMILES string of the molecule is CC(C)Oc1c(-c2cn[nH]c2)ncc2nc(N[C@H]3CCN(S(C)(=O)=O)C[C@H]3C)nn12. The van der Waals surface area contributed by atoms with Gasteiger partial charge in [-0.1, -0.05) is 6.92 Å². The topological polar surface area (TPSA) is 130 Å². The number of rotatable bonds is 6. The molecule has 1 aliphatic rings. The molecule has 0 aliphatic carbocycles. The standard InChI is InChI=1S/C18H26N8O3S/c1-11(2)29-17-16(13-7-20-21-8-13)19-9-15-23-18(24-26(15)17)22-14-5-6-25(10-12(14)3)30(4,27)28/h7-9,11-12,14H,5-6,10H2,1-4H3,(H,20,21)(H,22,24)/t12-,14+/m1/s1. The van der Waals surface area contributed by atoms with Crippen molar-refractivity contribution in [3.63, 3.8) is 0 Å². The number of H-pyrrole nitrogens is 1. The van der Waals surface area contributed by atoms with Gasteiger partial charge in [0.15, 0.2) is 5.65 Å². The van der Waals surface area contributed by atoms with Crippen LogP contribution in [0.2, 0.25) is 0 Å². The van der Waals surface area contributed by atoms with Gasteiger partial charge in [-0.05, 0) is 26.2 Å². The molecule has 4 rings (SSSR count). The van der Waals surface area contributed by atoms with Crippen LogP contribution < -0.4 is 10.1 Å². The molecule has 0 bridgehead atoms. The van der Waals surface area contributed by atoms with Crippen molar-refractivity contribution in [3.8, 4) is 17.1 Å². The fourth-order valence-corrected chi connectivity index (χ4v) is 4.54. The average molecular weight is 435 g/mol. The predicted molar refractivity (Wildman–Crippen MR) is 112 cm³/mol. The van der Waals surface area contributed by atoms with Crippen LogP contribution >= 0.6 is 0 Å². The third-order valence-electron chi connectivity index (χ3n) is 5.11. The summed E-state index contributed by atoms with van der Waals surface area (Å²) in [5.74, 6) is 1.06. The number of hydrogen-bond donors (Lipinski definition) is 2. The van der Waals surface area contributed by atoms with Gasteiger partial charge in [0.1, 0.15) is 5.69 Å². The molecular formula is C18H26N8O3S. The molecule has 11 nitrogen and oxygen atoms in total. The van der Waals surface area contributed by atoms with Gasteiger partial charge in [-0.25, -0.2) is 17.7 Å². The summed E-state index contributed by atoms with van der Waals surface area (Å²) in [7, 11) is -3.18. The molecule has 0 unspecified atom stereocenters. The number of nitrogens with zero attached hydrogens (tertiary/aromatic N) is 6. The Labute approximate surface area is 174 Å². The van der Waals surface area contributed by atoms with Crippen molar-refractivity contribution in [2.24, 2.45) is 5.92 Å². The summed E-state index contributed by atoms with van der Waals surface area (Å²) in [6.45, 7) is 6.84. The molecule has 0 spiro atoms. The van der Waals surface area contributed by atoms with Crippen LogP contribution in [0.4, 0.5) is 5.95 Å². The van der Waals surface area contributed by atoms with E-state index in [1.165, 1.54) is 10.6 Å². The zero-order valence-corrected chi connectivity index (χ0v) is 18.2. The third kappa shape index (κ3) is 4.10. The summed E-state index contributed by atoms with van der Waals surface area (Å²) in [5.41, 5.74) is 1.97. The largest absolute Gasteiger partial charge is 0.473 e. The van der Waals surface area contributed by atoms with E-state index in [1.807, 2.05) is 20.8 Å². The molecule has 1 aliphatic heterocycles. The van der Waals surface area contributed by atoms with E-state index in [9.17, 15) is 8.42 Å². The number of hydrogen-bond acceptors (Lipinski definition) is 8. The highest BCUT2D eigenvalue weighted by Gasteiger charge is 2.31. The van der Waals surface area contributed by atoms with Gasteiger partial charge in [-0.2, -0.15) is 14.6 Å². The number of sulfonamides is 1. The zero-order valence-electron chi connectivity index (χ0n) is 17.4. The first-order valence-corrected chi connectivity index (χ1v) is 11.7. The maximum atomic E-state index is 11.8. The lowest BCUT2D eigenvalue weighted by Crippen LogP contribution is -2.47. The van der Waals surface area contributed by atoms with Crippen LogP contribution in [0.5, 0.6) is 5.88 Å². The number of piperidine rings is 1. The molecule has 4 heterocycles. The predicted octanol–water partition coefficient (Wildman–Crippen LogP) is 1.38. The first-order valence-electron chi connectivity index (χ1n) is 9.85. The number of fused-ring (bicyclic) bond motifs is 1. The van der Waals surface area contributed by atoms with Gasteiger partial charge in [0.2, 0.25) is 21.9 Å². The van der Waals surface area contributed by atoms with Gasteiger partial charge in [-0.3, -0.25) is 5.10 Å². The second-order valence-corrected chi connectivity index (χ2v) is 9.89. The number of aromatic nitrogens is 6. The molecule has 0 aromatic carbocycles.